The lowest BCUT2D eigenvalue weighted by Crippen LogP contribution is -2.53. The van der Waals surface area contributed by atoms with Crippen LogP contribution < -0.4 is 5.56 Å². The Balaban J connectivity index is 0.00000280. The van der Waals surface area contributed by atoms with Crippen molar-refractivity contribution in [2.24, 2.45) is 0 Å². The van der Waals surface area contributed by atoms with Crippen LogP contribution in [-0.4, -0.2) is 53.1 Å². The minimum atomic E-state index is -0.974. The van der Waals surface area contributed by atoms with Gasteiger partial charge in [-0.1, -0.05) is 48.4 Å². The van der Waals surface area contributed by atoms with E-state index in [0.29, 0.717) is 18.7 Å². The van der Waals surface area contributed by atoms with Gasteiger partial charge in [0.15, 0.2) is 10.8 Å². The Morgan fingerprint density at radius 3 is 2.46 bits per heavy atom. The molecular weight excluding hydrogens is 407 g/mol. The summed E-state index contributed by atoms with van der Waals surface area (Å²) in [6.45, 7) is 1.36. The van der Waals surface area contributed by atoms with Crippen molar-refractivity contribution in [1.82, 2.24) is 9.64 Å². The van der Waals surface area contributed by atoms with E-state index >= 15 is 0 Å². The molecule has 2 atom stereocenters. The molecule has 0 saturated carbocycles. The van der Waals surface area contributed by atoms with Crippen molar-refractivity contribution in [1.29, 1.82) is 0 Å². The highest BCUT2D eigenvalue weighted by molar-refractivity contribution is 6.32. The molecule has 154 valence electrons. The number of piperidine rings is 1. The molecule has 2 heterocycles. The summed E-state index contributed by atoms with van der Waals surface area (Å²) in [6, 6.07) is 8.21. The number of likely N-dealkylation sites (tertiary alicyclic amines) is 1. The van der Waals surface area contributed by atoms with Crippen molar-refractivity contribution in [2.75, 3.05) is 20.2 Å². The van der Waals surface area contributed by atoms with E-state index < -0.39 is 23.7 Å². The van der Waals surface area contributed by atoms with Gasteiger partial charge in [0.2, 0.25) is 0 Å². The quantitative estimate of drug-likeness (QED) is 0.725. The Morgan fingerprint density at radius 1 is 1.25 bits per heavy atom. The number of rotatable bonds is 7. The van der Waals surface area contributed by atoms with Gasteiger partial charge in [0.05, 0.1) is 6.54 Å². The second-order valence-electron chi connectivity index (χ2n) is 6.62. The van der Waals surface area contributed by atoms with Crippen molar-refractivity contribution in [3.8, 4) is 11.3 Å². The number of nitrogens with zero attached hydrogens (tertiary/aromatic N) is 2. The summed E-state index contributed by atoms with van der Waals surface area (Å²) in [4.78, 5) is 26.3. The molecular formula is C19H24Cl2N2O5. The first-order valence-electron chi connectivity index (χ1n) is 8.97. The molecule has 1 aliphatic rings. The number of halogens is 2. The highest BCUT2D eigenvalue weighted by atomic mass is 35.5. The van der Waals surface area contributed by atoms with Gasteiger partial charge in [-0.2, -0.15) is 4.74 Å². The Hall–Kier alpha value is -1.80. The molecule has 2 aromatic rings. The van der Waals surface area contributed by atoms with Gasteiger partial charge in [-0.25, -0.2) is 0 Å². The lowest BCUT2D eigenvalue weighted by Gasteiger charge is -2.35. The van der Waals surface area contributed by atoms with Crippen molar-refractivity contribution in [3.05, 3.63) is 45.7 Å². The van der Waals surface area contributed by atoms with Crippen LogP contribution in [0.3, 0.4) is 0 Å². The van der Waals surface area contributed by atoms with E-state index in [0.717, 1.165) is 24.0 Å². The highest BCUT2D eigenvalue weighted by Crippen LogP contribution is 2.26. The molecule has 1 aliphatic heterocycles. The predicted molar refractivity (Wildman–Crippen MR) is 108 cm³/mol. The highest BCUT2D eigenvalue weighted by Gasteiger charge is 2.36. The molecule has 1 saturated heterocycles. The molecule has 9 heteroatoms. The zero-order valence-electron chi connectivity index (χ0n) is 15.5. The van der Waals surface area contributed by atoms with Crippen LogP contribution in [0.15, 0.2) is 39.6 Å². The summed E-state index contributed by atoms with van der Waals surface area (Å²) < 4.78 is 12.2. The third kappa shape index (κ3) is 4.78. The number of carboxylic acid groups (broad SMARTS) is 1. The van der Waals surface area contributed by atoms with Crippen molar-refractivity contribution < 1.29 is 19.2 Å². The molecule has 1 aromatic heterocycles. The lowest BCUT2D eigenvalue weighted by molar-refractivity contribution is -0.150. The Labute approximate surface area is 174 Å². The number of methoxy groups -OCH3 is 1. The molecule has 1 aromatic carbocycles. The number of aliphatic carboxylic acids is 1. The van der Waals surface area contributed by atoms with Crippen LogP contribution in [0.4, 0.5) is 0 Å². The summed E-state index contributed by atoms with van der Waals surface area (Å²) in [7, 11) is 1.44. The number of benzene rings is 1. The van der Waals surface area contributed by atoms with Crippen molar-refractivity contribution >= 4 is 30.0 Å². The molecule has 0 bridgehead atoms. The first-order valence-corrected chi connectivity index (χ1v) is 9.35. The monoisotopic (exact) mass is 430 g/mol. The maximum atomic E-state index is 12.5. The summed E-state index contributed by atoms with van der Waals surface area (Å²) >= 11 is 6.17. The maximum absolute atomic E-state index is 12.5. The van der Waals surface area contributed by atoms with Crippen LogP contribution in [0.25, 0.3) is 11.3 Å². The Morgan fingerprint density at radius 2 is 1.89 bits per heavy atom. The van der Waals surface area contributed by atoms with E-state index in [2.05, 4.69) is 0 Å². The average Bonchev–Trinajstić information content (AvgIpc) is 2.97. The molecule has 1 fully saturated rings. The van der Waals surface area contributed by atoms with Crippen LogP contribution in [0, 0.1) is 0 Å². The van der Waals surface area contributed by atoms with Gasteiger partial charge in [-0.05, 0) is 25.9 Å². The third-order valence-corrected chi connectivity index (χ3v) is 5.22. The molecule has 0 amide bonds. The molecule has 0 spiro atoms. The second-order valence-corrected chi connectivity index (χ2v) is 7.00. The van der Waals surface area contributed by atoms with Gasteiger partial charge in [0, 0.05) is 12.7 Å². The topological polar surface area (TPSA) is 84.9 Å². The van der Waals surface area contributed by atoms with Gasteiger partial charge >= 0.3 is 11.5 Å². The molecule has 3 rings (SSSR count). The van der Waals surface area contributed by atoms with Crippen molar-refractivity contribution in [2.45, 2.75) is 38.0 Å². The average molecular weight is 431 g/mol. The molecule has 0 aliphatic carbocycles. The number of aromatic nitrogens is 1. The van der Waals surface area contributed by atoms with E-state index in [1.54, 1.807) is 12.1 Å². The first-order chi connectivity index (χ1) is 13.0. The van der Waals surface area contributed by atoms with E-state index in [9.17, 15) is 14.7 Å². The van der Waals surface area contributed by atoms with Gasteiger partial charge in [0.1, 0.15) is 12.1 Å². The summed E-state index contributed by atoms with van der Waals surface area (Å²) in [5.41, 5.74) is 0.179. The van der Waals surface area contributed by atoms with Crippen LogP contribution in [-0.2, 0) is 16.1 Å². The lowest BCUT2D eigenvalue weighted by atomic mass is 10.0. The summed E-state index contributed by atoms with van der Waals surface area (Å²) in [5.74, 6) is -0.709. The first kappa shape index (κ1) is 22.5. The Kier molecular flexibility index (Phi) is 8.12. The normalized spacial score (nSPS) is 16.9. The van der Waals surface area contributed by atoms with Gasteiger partial charge in [-0.3, -0.25) is 14.5 Å². The number of hydrogen-bond acceptors (Lipinski definition) is 5. The standard InChI is InChI=1S/C19H23ClN2O5.ClH/c1-26-14(16(19(24)25)21-10-6-3-7-11-21)12-22-18(23)15(20)17(27-22)13-8-4-2-5-9-13;/h2,4-5,8-9,14,16H,3,6-7,10-12H2,1H3,(H,24,25);1H. The van der Waals surface area contributed by atoms with Crippen LogP contribution in [0.1, 0.15) is 19.3 Å². The summed E-state index contributed by atoms with van der Waals surface area (Å²) in [6.07, 6.45) is 2.24. The number of hydrogen-bond donors (Lipinski definition) is 1. The zero-order valence-corrected chi connectivity index (χ0v) is 17.1. The van der Waals surface area contributed by atoms with Gasteiger partial charge in [0.25, 0.3) is 0 Å². The van der Waals surface area contributed by atoms with Crippen LogP contribution in [0.5, 0.6) is 0 Å². The third-order valence-electron chi connectivity index (χ3n) is 4.89. The number of carbonyl (C=O) groups is 1. The number of ether oxygens (including phenoxy) is 1. The van der Waals surface area contributed by atoms with E-state index in [1.165, 1.54) is 7.11 Å². The maximum Gasteiger partial charge on any atom is 0.323 e. The van der Waals surface area contributed by atoms with E-state index in [4.69, 9.17) is 20.9 Å². The van der Waals surface area contributed by atoms with Crippen LogP contribution >= 0.6 is 24.0 Å². The number of carboxylic acids is 1. The second kappa shape index (κ2) is 10.1. The fraction of sp³-hybridized carbons (Fsp3) is 0.474. The zero-order chi connectivity index (χ0) is 19.4. The Bertz CT molecular complexity index is 831. The minimum Gasteiger partial charge on any atom is -0.480 e. The SMILES string of the molecule is COC(Cn1oc(-c2ccccc2)c(Cl)c1=O)C(C(=O)O)N1CCCCC1.Cl. The molecule has 2 unspecified atom stereocenters. The molecule has 28 heavy (non-hydrogen) atoms. The predicted octanol–water partition coefficient (Wildman–Crippen LogP) is 3.14. The fourth-order valence-corrected chi connectivity index (χ4v) is 3.74. The van der Waals surface area contributed by atoms with E-state index in [-0.39, 0.29) is 29.7 Å². The smallest absolute Gasteiger partial charge is 0.323 e. The minimum absolute atomic E-state index is 0. The molecule has 7 nitrogen and oxygen atoms in total. The molecule has 0 radical (unpaired) electrons. The van der Waals surface area contributed by atoms with E-state index in [1.807, 2.05) is 23.1 Å². The van der Waals surface area contributed by atoms with Crippen molar-refractivity contribution in [3.63, 3.8) is 0 Å². The summed E-state index contributed by atoms with van der Waals surface area (Å²) in [5, 5.41) is 9.72. The largest absolute Gasteiger partial charge is 0.480 e. The van der Waals surface area contributed by atoms with Gasteiger partial charge < -0.3 is 14.4 Å². The van der Waals surface area contributed by atoms with Gasteiger partial charge in [-0.15, -0.1) is 12.4 Å². The molecule has 1 N–H and O–H groups in total. The van der Waals surface area contributed by atoms with Crippen LogP contribution in [0.2, 0.25) is 5.02 Å². The fourth-order valence-electron chi connectivity index (χ4n) is 3.50.